The molecule has 0 aliphatic carbocycles. The van der Waals surface area contributed by atoms with E-state index < -0.39 is 0 Å². The zero-order chi connectivity index (χ0) is 23.9. The Morgan fingerprint density at radius 1 is 1.12 bits per heavy atom. The summed E-state index contributed by atoms with van der Waals surface area (Å²) in [5, 5.41) is 4.53. The summed E-state index contributed by atoms with van der Waals surface area (Å²) in [6.45, 7) is 17.3. The topological polar surface area (TPSA) is 60.1 Å². The van der Waals surface area contributed by atoms with Gasteiger partial charge in [0.1, 0.15) is 17.8 Å². The molecule has 1 aliphatic rings. The number of hydrogen-bond donors (Lipinski definition) is 2. The normalized spacial score (nSPS) is 16.9. The van der Waals surface area contributed by atoms with Gasteiger partial charge < -0.3 is 15.2 Å². The Kier molecular flexibility index (Phi) is 7.93. The van der Waals surface area contributed by atoms with Crippen molar-refractivity contribution < 1.29 is 0 Å². The van der Waals surface area contributed by atoms with Crippen LogP contribution < -0.4 is 5.32 Å². The first-order valence-corrected chi connectivity index (χ1v) is 12.2. The van der Waals surface area contributed by atoms with E-state index in [1.165, 1.54) is 5.56 Å². The van der Waals surface area contributed by atoms with Crippen molar-refractivity contribution in [3.05, 3.63) is 84.4 Å². The van der Waals surface area contributed by atoms with Gasteiger partial charge in [-0.3, -0.25) is 4.90 Å². The molecule has 2 N–H and O–H groups in total. The third-order valence-corrected chi connectivity index (χ3v) is 6.54. The molecule has 0 radical (unpaired) electrons. The maximum Gasteiger partial charge on any atom is 0.143 e. The van der Waals surface area contributed by atoms with Crippen LogP contribution in [0.4, 0.5) is 5.82 Å². The minimum Gasteiger partial charge on any atom is -0.363 e. The highest BCUT2D eigenvalue weighted by Gasteiger charge is 2.16. The molecule has 1 aliphatic heterocycles. The molecular formula is C28H36N6. The zero-order valence-corrected chi connectivity index (χ0v) is 20.6. The fourth-order valence-corrected chi connectivity index (χ4v) is 4.39. The van der Waals surface area contributed by atoms with Crippen molar-refractivity contribution in [2.24, 2.45) is 0 Å². The average Bonchev–Trinajstić information content (AvgIpc) is 3.30. The van der Waals surface area contributed by atoms with E-state index in [4.69, 9.17) is 0 Å². The molecule has 1 aromatic carbocycles. The molecule has 6 heteroatoms. The van der Waals surface area contributed by atoms with Gasteiger partial charge in [-0.15, -0.1) is 0 Å². The number of rotatable bonds is 9. The molecule has 0 amide bonds. The fraction of sp³-hybridized carbons (Fsp3) is 0.357. The Balaban J connectivity index is 1.44. The van der Waals surface area contributed by atoms with Crippen LogP contribution in [0.2, 0.25) is 0 Å². The molecule has 3 heterocycles. The number of hydrogen-bond acceptors (Lipinski definition) is 5. The Bertz CT molecular complexity index is 1150. The summed E-state index contributed by atoms with van der Waals surface area (Å²) < 4.78 is 0. The van der Waals surface area contributed by atoms with E-state index >= 15 is 0 Å². The van der Waals surface area contributed by atoms with Crippen LogP contribution in [0.15, 0.2) is 73.1 Å². The molecule has 1 fully saturated rings. The third kappa shape index (κ3) is 5.82. The molecule has 4 rings (SSSR count). The van der Waals surface area contributed by atoms with E-state index in [2.05, 4.69) is 106 Å². The second-order valence-electron chi connectivity index (χ2n) is 8.89. The molecule has 3 aromatic rings. The lowest BCUT2D eigenvalue weighted by atomic mass is 10.1. The van der Waals surface area contributed by atoms with Gasteiger partial charge in [-0.25, -0.2) is 9.97 Å². The Labute approximate surface area is 203 Å². The number of benzene rings is 1. The van der Waals surface area contributed by atoms with Crippen LogP contribution in [-0.2, 0) is 0 Å². The first kappa shape index (κ1) is 23.9. The molecule has 0 bridgehead atoms. The minimum absolute atomic E-state index is 0.140. The number of fused-ring (bicyclic) bond motifs is 1. The average molecular weight is 457 g/mol. The molecule has 2 aromatic heterocycles. The van der Waals surface area contributed by atoms with E-state index in [0.29, 0.717) is 0 Å². The first-order chi connectivity index (χ1) is 16.6. The maximum absolute atomic E-state index is 4.52. The van der Waals surface area contributed by atoms with E-state index in [1.807, 2.05) is 6.07 Å². The maximum atomic E-state index is 4.52. The van der Waals surface area contributed by atoms with Crippen molar-refractivity contribution in [3.63, 3.8) is 0 Å². The van der Waals surface area contributed by atoms with Crippen LogP contribution in [-0.4, -0.2) is 64.0 Å². The molecule has 0 spiro atoms. The summed E-state index contributed by atoms with van der Waals surface area (Å²) >= 11 is 0. The molecule has 0 unspecified atom stereocenters. The molecule has 0 saturated carbocycles. The lowest BCUT2D eigenvalue weighted by Crippen LogP contribution is -2.46. The number of H-pyrrole nitrogens is 1. The van der Waals surface area contributed by atoms with Crippen molar-refractivity contribution in [2.45, 2.75) is 26.8 Å². The number of piperazine rings is 1. The van der Waals surface area contributed by atoms with Crippen molar-refractivity contribution in [1.82, 2.24) is 24.8 Å². The molecule has 178 valence electrons. The van der Waals surface area contributed by atoms with Gasteiger partial charge in [0.05, 0.1) is 5.39 Å². The number of aromatic amines is 1. The summed E-state index contributed by atoms with van der Waals surface area (Å²) in [4.78, 5) is 17.4. The van der Waals surface area contributed by atoms with Crippen LogP contribution in [0, 0.1) is 0 Å². The smallest absolute Gasteiger partial charge is 0.143 e. The molecular weight excluding hydrogens is 420 g/mol. The van der Waals surface area contributed by atoms with Gasteiger partial charge in [0.15, 0.2) is 0 Å². The molecule has 1 saturated heterocycles. The summed E-state index contributed by atoms with van der Waals surface area (Å²) in [7, 11) is 0. The van der Waals surface area contributed by atoms with E-state index in [1.54, 1.807) is 6.33 Å². The highest BCUT2D eigenvalue weighted by molar-refractivity contribution is 5.91. The van der Waals surface area contributed by atoms with Crippen LogP contribution in [0.25, 0.3) is 16.6 Å². The lowest BCUT2D eigenvalue weighted by molar-refractivity contribution is 0.146. The summed E-state index contributed by atoms with van der Waals surface area (Å²) in [6, 6.07) is 12.7. The Morgan fingerprint density at radius 2 is 1.85 bits per heavy atom. The number of anilines is 1. The van der Waals surface area contributed by atoms with Crippen molar-refractivity contribution >= 4 is 22.4 Å². The fourth-order valence-electron chi connectivity index (χ4n) is 4.39. The number of nitrogens with zero attached hydrogens (tertiary/aromatic N) is 4. The monoisotopic (exact) mass is 456 g/mol. The van der Waals surface area contributed by atoms with Crippen molar-refractivity contribution in [2.75, 3.05) is 44.6 Å². The number of nitrogens with one attached hydrogen (secondary N) is 2. The number of aromatic nitrogens is 3. The predicted octanol–water partition coefficient (Wildman–Crippen LogP) is 5.28. The van der Waals surface area contributed by atoms with Crippen LogP contribution in [0.5, 0.6) is 0 Å². The Hall–Kier alpha value is -3.22. The summed E-state index contributed by atoms with van der Waals surface area (Å²) in [6.07, 6.45) is 7.99. The highest BCUT2D eigenvalue weighted by Crippen LogP contribution is 2.27. The van der Waals surface area contributed by atoms with Crippen LogP contribution >= 0.6 is 0 Å². The number of allylic oxidation sites excluding steroid dienone is 3. The van der Waals surface area contributed by atoms with Crippen molar-refractivity contribution in [1.29, 1.82) is 0 Å². The second-order valence-corrected chi connectivity index (χ2v) is 8.89. The van der Waals surface area contributed by atoms with Gasteiger partial charge in [-0.1, -0.05) is 62.1 Å². The number of likely N-dealkylation sites (N-methyl/N-ethyl adjacent to an activating group) is 1. The van der Waals surface area contributed by atoms with E-state index in [0.717, 1.165) is 73.0 Å². The third-order valence-electron chi connectivity index (χ3n) is 6.54. The standard InChI is InChI=1S/C28H36N6/c1-5-23(13-12-21(3)19-34-16-14-33(6-2)15-17-34)26-18-25-27(29-20-30-28(25)32-26)31-22(4)24-10-8-7-9-11-24/h5,7-13,18,20,22H,3,6,14-17,19H2,1-2,4H3,(H2,29,30,31,32)/b13-12-,23-5+/t22-/m1/s1. The van der Waals surface area contributed by atoms with E-state index in [9.17, 15) is 0 Å². The Morgan fingerprint density at radius 3 is 2.56 bits per heavy atom. The summed E-state index contributed by atoms with van der Waals surface area (Å²) in [5.41, 5.74) is 5.30. The van der Waals surface area contributed by atoms with Gasteiger partial charge in [0, 0.05) is 44.5 Å². The van der Waals surface area contributed by atoms with E-state index in [-0.39, 0.29) is 6.04 Å². The van der Waals surface area contributed by atoms with Gasteiger partial charge in [-0.05, 0) is 43.2 Å². The highest BCUT2D eigenvalue weighted by atomic mass is 15.3. The SMILES string of the molecule is C=C(/C=C\C(=C/C)c1cc2c(N[C@H](C)c3ccccc3)ncnc2[nH]1)CN1CCN(CC)CC1. The van der Waals surface area contributed by atoms with Gasteiger partial charge >= 0.3 is 0 Å². The quantitative estimate of drug-likeness (QED) is 0.429. The van der Waals surface area contributed by atoms with Gasteiger partial charge in [0.2, 0.25) is 0 Å². The molecule has 34 heavy (non-hydrogen) atoms. The summed E-state index contributed by atoms with van der Waals surface area (Å²) in [5.74, 6) is 0.832. The molecule has 1 atom stereocenters. The first-order valence-electron chi connectivity index (χ1n) is 12.2. The molecule has 6 nitrogen and oxygen atoms in total. The van der Waals surface area contributed by atoms with Crippen LogP contribution in [0.1, 0.15) is 38.1 Å². The zero-order valence-electron chi connectivity index (χ0n) is 20.6. The van der Waals surface area contributed by atoms with Gasteiger partial charge in [-0.2, -0.15) is 0 Å². The van der Waals surface area contributed by atoms with Crippen LogP contribution in [0.3, 0.4) is 0 Å². The minimum atomic E-state index is 0.140. The van der Waals surface area contributed by atoms with Crippen molar-refractivity contribution in [3.8, 4) is 0 Å². The second kappa shape index (κ2) is 11.3. The largest absolute Gasteiger partial charge is 0.363 e. The lowest BCUT2D eigenvalue weighted by Gasteiger charge is -2.34. The van der Waals surface area contributed by atoms with Gasteiger partial charge in [0.25, 0.3) is 0 Å². The predicted molar refractivity (Wildman–Crippen MR) is 143 cm³/mol.